The van der Waals surface area contributed by atoms with Gasteiger partial charge in [0, 0.05) is 51.2 Å². The molecule has 0 radical (unpaired) electrons. The first-order valence-corrected chi connectivity index (χ1v) is 11.5. The second kappa shape index (κ2) is 8.16. The summed E-state index contributed by atoms with van der Waals surface area (Å²) in [6.07, 6.45) is 9.85. The molecule has 1 saturated heterocycles. The van der Waals surface area contributed by atoms with Gasteiger partial charge in [0.25, 0.3) is 0 Å². The van der Waals surface area contributed by atoms with Crippen LogP contribution in [0.5, 0.6) is 0 Å². The van der Waals surface area contributed by atoms with Crippen LogP contribution in [0.1, 0.15) is 30.1 Å². The van der Waals surface area contributed by atoms with Crippen LogP contribution < -0.4 is 15.6 Å². The van der Waals surface area contributed by atoms with E-state index in [4.69, 9.17) is 12.2 Å². The lowest BCUT2D eigenvalue weighted by molar-refractivity contribution is 0.0695. The minimum absolute atomic E-state index is 0.222. The largest absolute Gasteiger partial charge is 0.477 e. The Hall–Kier alpha value is -3.01. The summed E-state index contributed by atoms with van der Waals surface area (Å²) in [7, 11) is 0. The van der Waals surface area contributed by atoms with E-state index in [1.807, 2.05) is 6.92 Å². The van der Waals surface area contributed by atoms with Gasteiger partial charge >= 0.3 is 5.97 Å². The number of nitrogens with zero attached hydrogens (tertiary/aromatic N) is 5. The van der Waals surface area contributed by atoms with E-state index >= 15 is 0 Å². The van der Waals surface area contributed by atoms with E-state index in [0.29, 0.717) is 49.1 Å². The SMILES string of the molecule is CCn1cc(C(=O)O)c(=O)c2cnc(N3CCN(C(=S)N[C@H]4C[C@@H]5C=C[C@@H]4C5)CC3)nc21. The van der Waals surface area contributed by atoms with Gasteiger partial charge < -0.3 is 24.8 Å². The number of rotatable bonds is 4. The zero-order chi connectivity index (χ0) is 22.4. The maximum absolute atomic E-state index is 12.5. The van der Waals surface area contributed by atoms with Crippen LogP contribution in [0.25, 0.3) is 11.0 Å². The Morgan fingerprint density at radius 3 is 2.66 bits per heavy atom. The molecular weight excluding hydrogens is 428 g/mol. The fourth-order valence-corrected chi connectivity index (χ4v) is 5.35. The lowest BCUT2D eigenvalue weighted by Crippen LogP contribution is -2.54. The van der Waals surface area contributed by atoms with Gasteiger partial charge in [-0.15, -0.1) is 0 Å². The van der Waals surface area contributed by atoms with E-state index in [1.54, 1.807) is 4.57 Å². The number of anilines is 1. The minimum Gasteiger partial charge on any atom is -0.477 e. The first-order chi connectivity index (χ1) is 15.4. The second-order valence-corrected chi connectivity index (χ2v) is 9.07. The van der Waals surface area contributed by atoms with E-state index in [1.165, 1.54) is 18.8 Å². The number of piperazine rings is 1. The highest BCUT2D eigenvalue weighted by Crippen LogP contribution is 2.39. The quantitative estimate of drug-likeness (QED) is 0.525. The summed E-state index contributed by atoms with van der Waals surface area (Å²) in [6, 6.07) is 0.445. The summed E-state index contributed by atoms with van der Waals surface area (Å²) in [6.45, 7) is 5.35. The number of thiocarbonyl (C=S) groups is 1. The van der Waals surface area contributed by atoms with Crippen LogP contribution in [0, 0.1) is 11.8 Å². The predicted molar refractivity (Wildman–Crippen MR) is 125 cm³/mol. The summed E-state index contributed by atoms with van der Waals surface area (Å²) >= 11 is 5.68. The molecule has 3 heterocycles. The molecule has 2 bridgehead atoms. The first-order valence-electron chi connectivity index (χ1n) is 11.1. The number of hydrogen-bond donors (Lipinski definition) is 2. The zero-order valence-corrected chi connectivity index (χ0v) is 18.7. The van der Waals surface area contributed by atoms with Gasteiger partial charge in [0.2, 0.25) is 11.4 Å². The molecule has 2 N–H and O–H groups in total. The summed E-state index contributed by atoms with van der Waals surface area (Å²) < 4.78 is 1.68. The predicted octanol–water partition coefficient (Wildman–Crippen LogP) is 1.47. The van der Waals surface area contributed by atoms with Crippen LogP contribution >= 0.6 is 12.2 Å². The molecule has 2 aliphatic carbocycles. The van der Waals surface area contributed by atoms with Crippen molar-refractivity contribution in [2.45, 2.75) is 32.4 Å². The van der Waals surface area contributed by atoms with Crippen LogP contribution in [-0.4, -0.2) is 67.8 Å². The Kier molecular flexibility index (Phi) is 5.32. The normalized spacial score (nSPS) is 24.3. The van der Waals surface area contributed by atoms with E-state index in [-0.39, 0.29) is 10.9 Å². The molecule has 2 aromatic rings. The number of carboxylic acids is 1. The summed E-state index contributed by atoms with van der Waals surface area (Å²) in [4.78, 5) is 37.2. The second-order valence-electron chi connectivity index (χ2n) is 8.68. The minimum atomic E-state index is -1.25. The number of fused-ring (bicyclic) bond motifs is 3. The van der Waals surface area contributed by atoms with E-state index in [2.05, 4.69) is 37.2 Å². The van der Waals surface area contributed by atoms with Gasteiger partial charge in [-0.3, -0.25) is 4.79 Å². The lowest BCUT2D eigenvalue weighted by atomic mass is 10.0. The molecule has 168 valence electrons. The summed E-state index contributed by atoms with van der Waals surface area (Å²) in [5.41, 5.74) is -0.367. The zero-order valence-electron chi connectivity index (χ0n) is 17.9. The molecule has 32 heavy (non-hydrogen) atoms. The Balaban J connectivity index is 1.29. The molecule has 0 unspecified atom stereocenters. The van der Waals surface area contributed by atoms with E-state index < -0.39 is 11.4 Å². The van der Waals surface area contributed by atoms with E-state index in [9.17, 15) is 14.7 Å². The molecule has 0 spiro atoms. The van der Waals surface area contributed by atoms with E-state index in [0.717, 1.165) is 24.6 Å². The Bertz CT molecular complexity index is 1170. The number of aromatic nitrogens is 3. The van der Waals surface area contributed by atoms with Crippen molar-refractivity contribution >= 4 is 40.3 Å². The maximum atomic E-state index is 12.5. The van der Waals surface area contributed by atoms with Crippen LogP contribution in [0.3, 0.4) is 0 Å². The molecule has 2 fully saturated rings. The Labute approximate surface area is 190 Å². The molecular formula is C22H26N6O3S. The number of allylic oxidation sites excluding steroid dienone is 1. The number of nitrogens with one attached hydrogen (secondary N) is 1. The number of carboxylic acid groups (broad SMARTS) is 1. The van der Waals surface area contributed by atoms with Crippen molar-refractivity contribution in [3.05, 3.63) is 40.3 Å². The number of aryl methyl sites for hydroxylation is 1. The van der Waals surface area contributed by atoms with Crippen LogP contribution in [-0.2, 0) is 6.54 Å². The molecule has 0 aromatic carbocycles. The van der Waals surface area contributed by atoms with Crippen LogP contribution in [0.4, 0.5) is 5.95 Å². The van der Waals surface area contributed by atoms with Gasteiger partial charge in [0.15, 0.2) is 5.11 Å². The van der Waals surface area contributed by atoms with Gasteiger partial charge in [-0.2, -0.15) is 4.98 Å². The smallest absolute Gasteiger partial charge is 0.341 e. The van der Waals surface area contributed by atoms with Crippen LogP contribution in [0.15, 0.2) is 29.3 Å². The number of aromatic carboxylic acids is 1. The molecule has 1 aliphatic heterocycles. The summed E-state index contributed by atoms with van der Waals surface area (Å²) in [5, 5.41) is 13.9. The van der Waals surface area contributed by atoms with Gasteiger partial charge in [-0.25, -0.2) is 9.78 Å². The Morgan fingerprint density at radius 1 is 1.25 bits per heavy atom. The van der Waals surface area contributed by atoms with Crippen molar-refractivity contribution in [2.75, 3.05) is 31.1 Å². The van der Waals surface area contributed by atoms with Gasteiger partial charge in [0.05, 0.1) is 5.39 Å². The molecule has 1 saturated carbocycles. The summed E-state index contributed by atoms with van der Waals surface area (Å²) in [5.74, 6) is 0.599. The highest BCUT2D eigenvalue weighted by Gasteiger charge is 2.36. The molecule has 5 rings (SSSR count). The average Bonchev–Trinajstić information content (AvgIpc) is 3.42. The molecule has 3 atom stereocenters. The first kappa shape index (κ1) is 20.9. The topological polar surface area (TPSA) is 104 Å². The molecule has 2 aromatic heterocycles. The Morgan fingerprint density at radius 2 is 2.03 bits per heavy atom. The number of carbonyl (C=O) groups is 1. The van der Waals surface area contributed by atoms with Crippen molar-refractivity contribution in [1.82, 2.24) is 24.8 Å². The fraction of sp³-hybridized carbons (Fsp3) is 0.500. The maximum Gasteiger partial charge on any atom is 0.341 e. The number of pyridine rings is 1. The van der Waals surface area contributed by atoms with Gasteiger partial charge in [0.1, 0.15) is 11.2 Å². The van der Waals surface area contributed by atoms with Gasteiger partial charge in [-0.05, 0) is 43.8 Å². The molecule has 9 nitrogen and oxygen atoms in total. The van der Waals surface area contributed by atoms with Crippen molar-refractivity contribution in [3.63, 3.8) is 0 Å². The van der Waals surface area contributed by atoms with Crippen molar-refractivity contribution in [2.24, 2.45) is 11.8 Å². The standard InChI is InChI=1S/C22H26N6O3S/c1-2-26-12-16(20(30)31)18(29)15-11-23-21(25-19(15)26)27-5-7-28(8-6-27)22(32)24-17-10-13-3-4-14(17)9-13/h3-4,11-14,17H,2,5-10H2,1H3,(H,24,32)(H,30,31)/t13-,14-,17+/m1/s1. The third-order valence-electron chi connectivity index (χ3n) is 6.81. The molecule has 10 heteroatoms. The third kappa shape index (κ3) is 3.62. The van der Waals surface area contributed by atoms with Crippen molar-refractivity contribution in [3.8, 4) is 0 Å². The van der Waals surface area contributed by atoms with Crippen LogP contribution in [0.2, 0.25) is 0 Å². The van der Waals surface area contributed by atoms with Crippen molar-refractivity contribution < 1.29 is 9.90 Å². The highest BCUT2D eigenvalue weighted by atomic mass is 32.1. The number of hydrogen-bond acceptors (Lipinski definition) is 6. The lowest BCUT2D eigenvalue weighted by Gasteiger charge is -2.37. The monoisotopic (exact) mass is 454 g/mol. The average molecular weight is 455 g/mol. The fourth-order valence-electron chi connectivity index (χ4n) is 5.02. The molecule has 3 aliphatic rings. The highest BCUT2D eigenvalue weighted by molar-refractivity contribution is 7.80. The van der Waals surface area contributed by atoms with Gasteiger partial charge in [-0.1, -0.05) is 12.2 Å². The van der Waals surface area contributed by atoms with Crippen molar-refractivity contribution in [1.29, 1.82) is 0 Å². The third-order valence-corrected chi connectivity index (χ3v) is 7.19. The molecule has 0 amide bonds.